The van der Waals surface area contributed by atoms with Gasteiger partial charge in [-0.2, -0.15) is 0 Å². The van der Waals surface area contributed by atoms with E-state index in [-0.39, 0.29) is 0 Å². The maximum Gasteiger partial charge on any atom is 0.526 e. The second-order valence-electron chi connectivity index (χ2n) is 2.01. The molecule has 0 radical (unpaired) electrons. The van der Waals surface area contributed by atoms with Gasteiger partial charge in [0, 0.05) is 0 Å². The van der Waals surface area contributed by atoms with Gasteiger partial charge in [0.25, 0.3) is 0 Å². The third-order valence-corrected chi connectivity index (χ3v) is 1.12. The monoisotopic (exact) mass is 184 g/mol. The highest BCUT2D eigenvalue weighted by Crippen LogP contribution is 2.36. The van der Waals surface area contributed by atoms with Crippen LogP contribution in [-0.2, 0) is 13.9 Å². The number of carbonyl (C=O) groups excluding carboxylic acids is 1. The number of hydrogen-bond acceptors (Lipinski definition) is 4. The fraction of sp³-hybridized carbons (Fsp3) is 0.750. The summed E-state index contributed by atoms with van der Waals surface area (Å²) in [7, 11) is -4.74. The summed E-state index contributed by atoms with van der Waals surface area (Å²) in [5.41, 5.74) is 0. The molecular formula is C4H9O6P. The third kappa shape index (κ3) is 7.48. The summed E-state index contributed by atoms with van der Waals surface area (Å²) in [6.45, 7) is 1.31. The molecule has 0 heterocycles. The van der Waals surface area contributed by atoms with E-state index >= 15 is 0 Å². The quantitative estimate of drug-likeness (QED) is 0.505. The zero-order chi connectivity index (χ0) is 9.07. The molecule has 0 aromatic rings. The summed E-state index contributed by atoms with van der Waals surface area (Å²) in [5.74, 6) is -1.12. The smallest absolute Gasteiger partial charge is 0.393 e. The summed E-state index contributed by atoms with van der Waals surface area (Å²) in [4.78, 5) is 26.6. The van der Waals surface area contributed by atoms with Crippen molar-refractivity contribution in [2.75, 3.05) is 0 Å². The predicted octanol–water partition coefficient (Wildman–Crippen LogP) is -0.607. The summed E-state index contributed by atoms with van der Waals surface area (Å²) in [6, 6.07) is 0. The fourth-order valence-corrected chi connectivity index (χ4v) is 0.751. The molecule has 0 rings (SSSR count). The van der Waals surface area contributed by atoms with Crippen LogP contribution in [0, 0.1) is 0 Å². The molecule has 0 fully saturated rings. The van der Waals surface area contributed by atoms with Gasteiger partial charge in [-0.3, -0.25) is 14.6 Å². The Kier molecular flexibility index (Phi) is 3.68. The van der Waals surface area contributed by atoms with Crippen LogP contribution in [0.4, 0.5) is 0 Å². The third-order valence-electron chi connectivity index (χ3n) is 0.683. The lowest BCUT2D eigenvalue weighted by atomic mass is 10.3. The normalized spacial score (nSPS) is 14.2. The summed E-state index contributed by atoms with van der Waals surface area (Å²) in [6.07, 6.45) is -1.39. The number of rotatable bonds is 3. The molecular weight excluding hydrogens is 175 g/mol. The van der Waals surface area contributed by atoms with E-state index in [1.54, 1.807) is 0 Å². The molecule has 0 saturated heterocycles. The molecule has 0 bridgehead atoms. The molecule has 0 amide bonds. The lowest BCUT2D eigenvalue weighted by Crippen LogP contribution is -2.11. The van der Waals surface area contributed by atoms with Crippen LogP contribution in [0.25, 0.3) is 0 Å². The molecule has 0 saturated carbocycles. The van der Waals surface area contributed by atoms with Gasteiger partial charge in [-0.25, -0.2) is 4.57 Å². The highest BCUT2D eigenvalue weighted by molar-refractivity contribution is 7.46. The first kappa shape index (κ1) is 10.6. The van der Waals surface area contributed by atoms with Crippen LogP contribution in [0.15, 0.2) is 0 Å². The van der Waals surface area contributed by atoms with Crippen molar-refractivity contribution >= 4 is 13.8 Å². The molecule has 6 nitrogen and oxygen atoms in total. The van der Waals surface area contributed by atoms with Crippen LogP contribution in [0.3, 0.4) is 0 Å². The zero-order valence-corrected chi connectivity index (χ0v) is 6.69. The second-order valence-corrected chi connectivity index (χ2v) is 3.17. The Morgan fingerprint density at radius 1 is 1.64 bits per heavy atom. The van der Waals surface area contributed by atoms with E-state index < -0.39 is 26.3 Å². The summed E-state index contributed by atoms with van der Waals surface area (Å²) >= 11 is 0. The largest absolute Gasteiger partial charge is 0.526 e. The van der Waals surface area contributed by atoms with E-state index in [1.807, 2.05) is 0 Å². The minimum atomic E-state index is -4.74. The topological polar surface area (TPSA) is 104 Å². The number of phosphoric ester groups is 1. The summed E-state index contributed by atoms with van der Waals surface area (Å²) in [5, 5.41) is 8.57. The standard InChI is InChI=1S/C4H9O6P/c1-3(5)2-4(6)10-11(7,8)9/h3,5H,2H2,1H3,(H2,7,8,9). The minimum absolute atomic E-state index is 0.425. The van der Waals surface area contributed by atoms with E-state index in [1.165, 1.54) is 6.92 Å². The van der Waals surface area contributed by atoms with Crippen molar-refractivity contribution < 1.29 is 28.8 Å². The zero-order valence-electron chi connectivity index (χ0n) is 5.80. The Morgan fingerprint density at radius 3 is 2.36 bits per heavy atom. The van der Waals surface area contributed by atoms with Gasteiger partial charge >= 0.3 is 13.8 Å². The number of phosphoric acid groups is 1. The first-order valence-corrected chi connectivity index (χ1v) is 4.30. The SMILES string of the molecule is CC(O)CC(=O)OP(=O)(O)O. The van der Waals surface area contributed by atoms with Crippen LogP contribution in [0.5, 0.6) is 0 Å². The molecule has 1 unspecified atom stereocenters. The van der Waals surface area contributed by atoms with Crippen LogP contribution < -0.4 is 0 Å². The molecule has 1 atom stereocenters. The number of hydrogen-bond donors (Lipinski definition) is 3. The Morgan fingerprint density at radius 2 is 2.09 bits per heavy atom. The van der Waals surface area contributed by atoms with E-state index in [9.17, 15) is 9.36 Å². The Balaban J connectivity index is 3.80. The van der Waals surface area contributed by atoms with Crippen molar-refractivity contribution in [3.05, 3.63) is 0 Å². The molecule has 7 heteroatoms. The Hall–Kier alpha value is -0.420. The van der Waals surface area contributed by atoms with Crippen molar-refractivity contribution in [1.82, 2.24) is 0 Å². The highest BCUT2D eigenvalue weighted by Gasteiger charge is 2.20. The molecule has 0 aliphatic heterocycles. The van der Waals surface area contributed by atoms with Gasteiger partial charge in [-0.1, -0.05) is 0 Å². The maximum atomic E-state index is 10.4. The maximum absolute atomic E-state index is 10.4. The molecule has 0 aliphatic rings. The first-order valence-electron chi connectivity index (χ1n) is 2.77. The summed E-state index contributed by atoms with van der Waals surface area (Å²) < 4.78 is 13.6. The lowest BCUT2D eigenvalue weighted by Gasteiger charge is -2.05. The van der Waals surface area contributed by atoms with Crippen molar-refractivity contribution in [2.45, 2.75) is 19.4 Å². The predicted molar refractivity (Wildman–Crippen MR) is 34.4 cm³/mol. The second kappa shape index (κ2) is 3.82. The Labute approximate surface area is 63.0 Å². The average molecular weight is 184 g/mol. The van der Waals surface area contributed by atoms with Gasteiger partial charge in [0.1, 0.15) is 0 Å². The first-order chi connectivity index (χ1) is 4.81. The van der Waals surface area contributed by atoms with E-state index in [0.717, 1.165) is 0 Å². The molecule has 0 aromatic carbocycles. The van der Waals surface area contributed by atoms with Gasteiger partial charge in [0.2, 0.25) is 0 Å². The highest BCUT2D eigenvalue weighted by atomic mass is 31.2. The van der Waals surface area contributed by atoms with Gasteiger partial charge < -0.3 is 9.63 Å². The minimum Gasteiger partial charge on any atom is -0.393 e. The average Bonchev–Trinajstić information content (AvgIpc) is 1.53. The van der Waals surface area contributed by atoms with E-state index in [2.05, 4.69) is 4.52 Å². The van der Waals surface area contributed by atoms with Gasteiger partial charge in [0.05, 0.1) is 12.5 Å². The Bertz CT molecular complexity index is 181. The van der Waals surface area contributed by atoms with Gasteiger partial charge in [-0.15, -0.1) is 0 Å². The molecule has 11 heavy (non-hydrogen) atoms. The molecule has 3 N–H and O–H groups in total. The number of aliphatic hydroxyl groups excluding tert-OH is 1. The van der Waals surface area contributed by atoms with Gasteiger partial charge in [-0.05, 0) is 6.92 Å². The van der Waals surface area contributed by atoms with Crippen molar-refractivity contribution in [1.29, 1.82) is 0 Å². The van der Waals surface area contributed by atoms with Crippen LogP contribution in [-0.4, -0.2) is 27.0 Å². The fourth-order valence-electron chi connectivity index (χ4n) is 0.411. The van der Waals surface area contributed by atoms with Crippen molar-refractivity contribution in [3.63, 3.8) is 0 Å². The molecule has 0 aromatic heterocycles. The van der Waals surface area contributed by atoms with E-state index in [0.29, 0.717) is 0 Å². The van der Waals surface area contributed by atoms with Crippen molar-refractivity contribution in [2.24, 2.45) is 0 Å². The van der Waals surface area contributed by atoms with Crippen LogP contribution in [0.1, 0.15) is 13.3 Å². The van der Waals surface area contributed by atoms with Crippen LogP contribution >= 0.6 is 7.82 Å². The number of aliphatic hydroxyl groups is 1. The molecule has 0 spiro atoms. The molecule has 66 valence electrons. The van der Waals surface area contributed by atoms with Crippen molar-refractivity contribution in [3.8, 4) is 0 Å². The van der Waals surface area contributed by atoms with Gasteiger partial charge in [0.15, 0.2) is 0 Å². The van der Waals surface area contributed by atoms with Crippen LogP contribution in [0.2, 0.25) is 0 Å². The molecule has 0 aliphatic carbocycles. The van der Waals surface area contributed by atoms with E-state index in [4.69, 9.17) is 14.9 Å². The lowest BCUT2D eigenvalue weighted by molar-refractivity contribution is -0.137. The number of carbonyl (C=O) groups is 1.